The van der Waals surface area contributed by atoms with Crippen molar-refractivity contribution in [2.75, 3.05) is 0 Å². The standard InChI is InChI=1S/C11H7ClFN3OS/c12-7-3-6(13)1-2-9(7)17-10-5-15-8(4-16-10)11(14)18/h1-5H,(H2,14,18). The SMILES string of the molecule is NC(=S)c1cnc(Oc2ccc(F)cc2Cl)cn1. The van der Waals surface area contributed by atoms with Crippen LogP contribution in [0.5, 0.6) is 11.6 Å². The van der Waals surface area contributed by atoms with Gasteiger partial charge in [0.15, 0.2) is 0 Å². The van der Waals surface area contributed by atoms with Crippen LogP contribution in [0.1, 0.15) is 5.69 Å². The van der Waals surface area contributed by atoms with Crippen molar-refractivity contribution in [3.05, 3.63) is 47.1 Å². The first-order chi connectivity index (χ1) is 8.56. The normalized spacial score (nSPS) is 10.1. The highest BCUT2D eigenvalue weighted by Crippen LogP contribution is 2.28. The van der Waals surface area contributed by atoms with E-state index >= 15 is 0 Å². The van der Waals surface area contributed by atoms with Gasteiger partial charge in [-0.3, -0.25) is 0 Å². The van der Waals surface area contributed by atoms with Crippen LogP contribution in [0.25, 0.3) is 0 Å². The van der Waals surface area contributed by atoms with Crippen molar-refractivity contribution in [2.24, 2.45) is 5.73 Å². The highest BCUT2D eigenvalue weighted by atomic mass is 35.5. The zero-order valence-corrected chi connectivity index (χ0v) is 10.5. The molecule has 1 aromatic heterocycles. The monoisotopic (exact) mass is 283 g/mol. The van der Waals surface area contributed by atoms with Crippen molar-refractivity contribution in [2.45, 2.75) is 0 Å². The Hall–Kier alpha value is -1.79. The molecule has 0 saturated carbocycles. The van der Waals surface area contributed by atoms with Crippen molar-refractivity contribution < 1.29 is 9.13 Å². The molecule has 1 heterocycles. The number of aromatic nitrogens is 2. The first-order valence-corrected chi connectivity index (χ1v) is 5.59. The molecule has 0 radical (unpaired) electrons. The second-order valence-corrected chi connectivity index (χ2v) is 4.13. The molecule has 0 aliphatic carbocycles. The Morgan fingerprint density at radius 2 is 2.11 bits per heavy atom. The molecular weight excluding hydrogens is 277 g/mol. The second-order valence-electron chi connectivity index (χ2n) is 3.28. The fraction of sp³-hybridized carbons (Fsp3) is 0. The minimum absolute atomic E-state index is 0.147. The zero-order valence-electron chi connectivity index (χ0n) is 8.93. The van der Waals surface area contributed by atoms with Crippen LogP contribution in [0.15, 0.2) is 30.6 Å². The van der Waals surface area contributed by atoms with Gasteiger partial charge in [-0.05, 0) is 18.2 Å². The van der Waals surface area contributed by atoms with Gasteiger partial charge in [0, 0.05) is 0 Å². The third-order valence-electron chi connectivity index (χ3n) is 1.99. The average molecular weight is 284 g/mol. The number of hydrogen-bond donors (Lipinski definition) is 1. The van der Waals surface area contributed by atoms with Crippen molar-refractivity contribution in [3.63, 3.8) is 0 Å². The summed E-state index contributed by atoms with van der Waals surface area (Å²) in [4.78, 5) is 8.05. The fourth-order valence-electron chi connectivity index (χ4n) is 1.17. The Morgan fingerprint density at radius 1 is 1.33 bits per heavy atom. The van der Waals surface area contributed by atoms with Gasteiger partial charge in [0.2, 0.25) is 5.88 Å². The van der Waals surface area contributed by atoms with Crippen LogP contribution in [-0.4, -0.2) is 15.0 Å². The van der Waals surface area contributed by atoms with Gasteiger partial charge in [-0.2, -0.15) is 0 Å². The molecule has 0 amide bonds. The predicted octanol–water partition coefficient (Wildman–Crippen LogP) is 2.70. The van der Waals surface area contributed by atoms with Crippen molar-refractivity contribution in [1.82, 2.24) is 9.97 Å². The summed E-state index contributed by atoms with van der Waals surface area (Å²) in [6, 6.07) is 3.78. The highest BCUT2D eigenvalue weighted by Gasteiger charge is 2.06. The van der Waals surface area contributed by atoms with Crippen LogP contribution < -0.4 is 10.5 Å². The van der Waals surface area contributed by atoms with Gasteiger partial charge in [-0.25, -0.2) is 14.4 Å². The Morgan fingerprint density at radius 3 is 2.67 bits per heavy atom. The average Bonchev–Trinajstić information content (AvgIpc) is 2.33. The molecule has 0 fully saturated rings. The lowest BCUT2D eigenvalue weighted by Gasteiger charge is -2.06. The first-order valence-electron chi connectivity index (χ1n) is 4.81. The summed E-state index contributed by atoms with van der Waals surface area (Å²) in [5.41, 5.74) is 5.77. The van der Waals surface area contributed by atoms with Crippen LogP contribution in [0.3, 0.4) is 0 Å². The number of halogens is 2. The lowest BCUT2D eigenvalue weighted by Crippen LogP contribution is -2.11. The first kappa shape index (κ1) is 12.7. The Labute approximate surface area is 113 Å². The number of nitrogens with two attached hydrogens (primary N) is 1. The fourth-order valence-corrected chi connectivity index (χ4v) is 1.48. The number of thiocarbonyl (C=S) groups is 1. The molecule has 4 nitrogen and oxygen atoms in total. The molecular formula is C11H7ClFN3OS. The molecule has 7 heteroatoms. The highest BCUT2D eigenvalue weighted by molar-refractivity contribution is 7.80. The Kier molecular flexibility index (Phi) is 3.69. The van der Waals surface area contributed by atoms with Crippen molar-refractivity contribution in [1.29, 1.82) is 0 Å². The number of nitrogens with zero attached hydrogens (tertiary/aromatic N) is 2. The number of hydrogen-bond acceptors (Lipinski definition) is 4. The van der Waals surface area contributed by atoms with Crippen LogP contribution in [-0.2, 0) is 0 Å². The molecule has 0 atom stereocenters. The predicted molar refractivity (Wildman–Crippen MR) is 69.4 cm³/mol. The minimum Gasteiger partial charge on any atom is -0.436 e. The third kappa shape index (κ3) is 2.91. The molecule has 0 unspecified atom stereocenters. The molecule has 2 aromatic rings. The summed E-state index contributed by atoms with van der Waals surface area (Å²) in [6.45, 7) is 0. The smallest absolute Gasteiger partial charge is 0.237 e. The molecule has 0 spiro atoms. The van der Waals surface area contributed by atoms with Crippen LogP contribution in [0.4, 0.5) is 4.39 Å². The van der Waals surface area contributed by atoms with E-state index in [1.807, 2.05) is 0 Å². The van der Waals surface area contributed by atoms with E-state index in [2.05, 4.69) is 9.97 Å². The minimum atomic E-state index is -0.442. The van der Waals surface area contributed by atoms with E-state index in [0.29, 0.717) is 5.69 Å². The Bertz CT molecular complexity index is 591. The van der Waals surface area contributed by atoms with Gasteiger partial charge in [-0.15, -0.1) is 0 Å². The van der Waals surface area contributed by atoms with E-state index in [4.69, 9.17) is 34.3 Å². The lowest BCUT2D eigenvalue weighted by molar-refractivity contribution is 0.458. The van der Waals surface area contributed by atoms with Gasteiger partial charge in [0.1, 0.15) is 22.2 Å². The maximum Gasteiger partial charge on any atom is 0.237 e. The van der Waals surface area contributed by atoms with E-state index < -0.39 is 5.82 Å². The largest absolute Gasteiger partial charge is 0.436 e. The summed E-state index contributed by atoms with van der Waals surface area (Å²) in [5.74, 6) is 0.0567. The van der Waals surface area contributed by atoms with E-state index in [-0.39, 0.29) is 21.6 Å². The molecule has 18 heavy (non-hydrogen) atoms. The third-order valence-corrected chi connectivity index (χ3v) is 2.49. The molecule has 2 rings (SSSR count). The molecule has 0 saturated heterocycles. The van der Waals surface area contributed by atoms with Crippen molar-refractivity contribution in [3.8, 4) is 11.6 Å². The topological polar surface area (TPSA) is 61.0 Å². The lowest BCUT2D eigenvalue weighted by atomic mass is 10.3. The van der Waals surface area contributed by atoms with Crippen LogP contribution in [0.2, 0.25) is 5.02 Å². The van der Waals surface area contributed by atoms with Crippen LogP contribution >= 0.6 is 23.8 Å². The maximum atomic E-state index is 12.8. The van der Waals surface area contributed by atoms with Gasteiger partial charge in [-0.1, -0.05) is 23.8 Å². The maximum absolute atomic E-state index is 12.8. The van der Waals surface area contributed by atoms with Gasteiger partial charge >= 0.3 is 0 Å². The molecule has 1 aromatic carbocycles. The molecule has 0 aliphatic heterocycles. The number of rotatable bonds is 3. The van der Waals surface area contributed by atoms with Gasteiger partial charge < -0.3 is 10.5 Å². The van der Waals surface area contributed by atoms with E-state index in [0.717, 1.165) is 6.07 Å². The van der Waals surface area contributed by atoms with Gasteiger partial charge in [0.05, 0.1) is 17.4 Å². The van der Waals surface area contributed by atoms with E-state index in [9.17, 15) is 4.39 Å². The summed E-state index contributed by atoms with van der Waals surface area (Å²) in [5, 5.41) is 0.148. The number of ether oxygens (including phenoxy) is 1. The van der Waals surface area contributed by atoms with Crippen molar-refractivity contribution >= 4 is 28.8 Å². The quantitative estimate of drug-likeness (QED) is 0.878. The summed E-state index contributed by atoms with van der Waals surface area (Å²) in [6.07, 6.45) is 2.74. The summed E-state index contributed by atoms with van der Waals surface area (Å²) >= 11 is 10.5. The molecule has 92 valence electrons. The summed E-state index contributed by atoms with van der Waals surface area (Å²) < 4.78 is 18.2. The molecule has 2 N–H and O–H groups in total. The van der Waals surface area contributed by atoms with Crippen LogP contribution in [0, 0.1) is 5.82 Å². The zero-order chi connectivity index (χ0) is 13.1. The van der Waals surface area contributed by atoms with E-state index in [1.165, 1.54) is 24.5 Å². The summed E-state index contributed by atoms with van der Waals surface area (Å²) in [7, 11) is 0. The Balaban J connectivity index is 2.21. The number of benzene rings is 1. The molecule has 0 bridgehead atoms. The second kappa shape index (κ2) is 5.24. The van der Waals surface area contributed by atoms with Gasteiger partial charge in [0.25, 0.3) is 0 Å². The molecule has 0 aliphatic rings. The van der Waals surface area contributed by atoms with E-state index in [1.54, 1.807) is 0 Å².